The summed E-state index contributed by atoms with van der Waals surface area (Å²) in [6, 6.07) is 6.40. The highest BCUT2D eigenvalue weighted by molar-refractivity contribution is 9.10. The SMILES string of the molecule is Cc1cc(C)cc(CC(N)c2c(Br)nnn2C)c1. The molecule has 18 heavy (non-hydrogen) atoms. The van der Waals surface area contributed by atoms with Crippen molar-refractivity contribution < 1.29 is 0 Å². The lowest BCUT2D eigenvalue weighted by molar-refractivity contribution is 0.606. The van der Waals surface area contributed by atoms with Crippen LogP contribution in [0.2, 0.25) is 0 Å². The van der Waals surface area contributed by atoms with Gasteiger partial charge in [0.05, 0.1) is 11.7 Å². The average molecular weight is 309 g/mol. The normalized spacial score (nSPS) is 12.7. The maximum atomic E-state index is 6.24. The molecule has 2 aromatic rings. The summed E-state index contributed by atoms with van der Waals surface area (Å²) in [7, 11) is 1.86. The summed E-state index contributed by atoms with van der Waals surface area (Å²) < 4.78 is 2.44. The molecule has 0 aliphatic heterocycles. The molecule has 5 heteroatoms. The van der Waals surface area contributed by atoms with Crippen molar-refractivity contribution in [2.45, 2.75) is 26.3 Å². The first-order chi connectivity index (χ1) is 8.47. The number of hydrogen-bond acceptors (Lipinski definition) is 3. The van der Waals surface area contributed by atoms with E-state index in [0.717, 1.165) is 16.7 Å². The second-order valence-corrected chi connectivity index (χ2v) is 5.45. The Morgan fingerprint density at radius 1 is 1.28 bits per heavy atom. The molecular weight excluding hydrogens is 292 g/mol. The van der Waals surface area contributed by atoms with Crippen molar-refractivity contribution in [1.82, 2.24) is 15.0 Å². The monoisotopic (exact) mass is 308 g/mol. The van der Waals surface area contributed by atoms with Gasteiger partial charge in [0.15, 0.2) is 4.60 Å². The van der Waals surface area contributed by atoms with Crippen LogP contribution in [0.15, 0.2) is 22.8 Å². The molecule has 0 saturated heterocycles. The second-order valence-electron chi connectivity index (χ2n) is 4.70. The van der Waals surface area contributed by atoms with Gasteiger partial charge in [0.25, 0.3) is 0 Å². The van der Waals surface area contributed by atoms with Crippen molar-refractivity contribution >= 4 is 15.9 Å². The van der Waals surface area contributed by atoms with Gasteiger partial charge in [-0.15, -0.1) is 5.10 Å². The molecule has 0 radical (unpaired) electrons. The van der Waals surface area contributed by atoms with Gasteiger partial charge in [0.2, 0.25) is 0 Å². The molecule has 4 nitrogen and oxygen atoms in total. The van der Waals surface area contributed by atoms with Gasteiger partial charge in [-0.1, -0.05) is 34.5 Å². The predicted molar refractivity (Wildman–Crippen MR) is 75.3 cm³/mol. The van der Waals surface area contributed by atoms with Crippen molar-refractivity contribution in [3.05, 3.63) is 45.2 Å². The number of benzene rings is 1. The molecule has 96 valence electrons. The number of aryl methyl sites for hydroxylation is 3. The zero-order chi connectivity index (χ0) is 13.3. The second kappa shape index (κ2) is 5.20. The molecule has 0 saturated carbocycles. The largest absolute Gasteiger partial charge is 0.322 e. The van der Waals surface area contributed by atoms with Gasteiger partial charge in [-0.05, 0) is 41.8 Å². The van der Waals surface area contributed by atoms with E-state index in [4.69, 9.17) is 5.73 Å². The van der Waals surface area contributed by atoms with Crippen LogP contribution in [0.25, 0.3) is 0 Å². The summed E-state index contributed by atoms with van der Waals surface area (Å²) in [5.74, 6) is 0. The van der Waals surface area contributed by atoms with Crippen molar-refractivity contribution in [2.24, 2.45) is 12.8 Å². The van der Waals surface area contributed by atoms with Gasteiger partial charge in [-0.25, -0.2) is 4.68 Å². The Kier molecular flexibility index (Phi) is 3.82. The Bertz CT molecular complexity index is 522. The topological polar surface area (TPSA) is 56.7 Å². The quantitative estimate of drug-likeness (QED) is 0.947. The molecule has 1 aromatic carbocycles. The molecule has 2 rings (SSSR count). The zero-order valence-corrected chi connectivity index (χ0v) is 12.4. The third-order valence-corrected chi connectivity index (χ3v) is 3.48. The van der Waals surface area contributed by atoms with E-state index in [0.29, 0.717) is 0 Å². The highest BCUT2D eigenvalue weighted by Crippen LogP contribution is 2.22. The zero-order valence-electron chi connectivity index (χ0n) is 10.8. The number of nitrogens with zero attached hydrogens (tertiary/aromatic N) is 3. The minimum absolute atomic E-state index is 0.111. The first-order valence-electron chi connectivity index (χ1n) is 5.85. The molecule has 0 spiro atoms. The van der Waals surface area contributed by atoms with Crippen LogP contribution >= 0.6 is 15.9 Å². The van der Waals surface area contributed by atoms with E-state index in [1.165, 1.54) is 16.7 Å². The first-order valence-corrected chi connectivity index (χ1v) is 6.64. The van der Waals surface area contributed by atoms with Crippen LogP contribution in [-0.4, -0.2) is 15.0 Å². The molecule has 1 aromatic heterocycles. The Morgan fingerprint density at radius 3 is 2.39 bits per heavy atom. The van der Waals surface area contributed by atoms with Crippen LogP contribution in [0.3, 0.4) is 0 Å². The molecule has 0 fully saturated rings. The lowest BCUT2D eigenvalue weighted by Gasteiger charge is -2.13. The van der Waals surface area contributed by atoms with E-state index in [2.05, 4.69) is 58.3 Å². The predicted octanol–water partition coefficient (Wildman–Crippen LogP) is 2.44. The van der Waals surface area contributed by atoms with Crippen molar-refractivity contribution in [1.29, 1.82) is 0 Å². The number of rotatable bonds is 3. The van der Waals surface area contributed by atoms with Crippen LogP contribution < -0.4 is 5.73 Å². The van der Waals surface area contributed by atoms with Crippen LogP contribution in [0.4, 0.5) is 0 Å². The van der Waals surface area contributed by atoms with Gasteiger partial charge in [-0.2, -0.15) is 0 Å². The summed E-state index contributed by atoms with van der Waals surface area (Å²) >= 11 is 3.39. The third kappa shape index (κ3) is 2.79. The van der Waals surface area contributed by atoms with Gasteiger partial charge < -0.3 is 5.73 Å². The molecule has 1 atom stereocenters. The highest BCUT2D eigenvalue weighted by atomic mass is 79.9. The summed E-state index contributed by atoms with van der Waals surface area (Å²) in [5.41, 5.74) is 10.9. The Balaban J connectivity index is 2.24. The summed E-state index contributed by atoms with van der Waals surface area (Å²) in [5, 5.41) is 7.92. The van der Waals surface area contributed by atoms with E-state index in [-0.39, 0.29) is 6.04 Å². The minimum atomic E-state index is -0.111. The smallest absolute Gasteiger partial charge is 0.153 e. The molecule has 0 aliphatic carbocycles. The molecule has 0 aliphatic rings. The molecular formula is C13H17BrN4. The standard InChI is InChI=1S/C13H17BrN4/c1-8-4-9(2)6-10(5-8)7-11(15)12-13(14)16-17-18(12)3/h4-6,11H,7,15H2,1-3H3. The van der Waals surface area contributed by atoms with Gasteiger partial charge >= 0.3 is 0 Å². The molecule has 2 N–H and O–H groups in total. The van der Waals surface area contributed by atoms with E-state index >= 15 is 0 Å². The number of halogens is 1. The van der Waals surface area contributed by atoms with Crippen LogP contribution in [0, 0.1) is 13.8 Å². The van der Waals surface area contributed by atoms with Gasteiger partial charge in [0.1, 0.15) is 0 Å². The number of aromatic nitrogens is 3. The van der Waals surface area contributed by atoms with Crippen LogP contribution in [-0.2, 0) is 13.5 Å². The van der Waals surface area contributed by atoms with E-state index in [1.54, 1.807) is 4.68 Å². The van der Waals surface area contributed by atoms with Crippen molar-refractivity contribution in [3.8, 4) is 0 Å². The minimum Gasteiger partial charge on any atom is -0.322 e. The van der Waals surface area contributed by atoms with E-state index < -0.39 is 0 Å². The highest BCUT2D eigenvalue weighted by Gasteiger charge is 2.16. The summed E-state index contributed by atoms with van der Waals surface area (Å²) in [6.07, 6.45) is 0.780. The Hall–Kier alpha value is -1.20. The van der Waals surface area contributed by atoms with Crippen molar-refractivity contribution in [3.63, 3.8) is 0 Å². The summed E-state index contributed by atoms with van der Waals surface area (Å²) in [6.45, 7) is 4.20. The maximum absolute atomic E-state index is 6.24. The van der Waals surface area contributed by atoms with Crippen molar-refractivity contribution in [2.75, 3.05) is 0 Å². The molecule has 0 amide bonds. The fourth-order valence-electron chi connectivity index (χ4n) is 2.27. The summed E-state index contributed by atoms with van der Waals surface area (Å²) in [4.78, 5) is 0. The average Bonchev–Trinajstić information content (AvgIpc) is 2.56. The van der Waals surface area contributed by atoms with Crippen LogP contribution in [0.5, 0.6) is 0 Å². The molecule has 1 unspecified atom stereocenters. The van der Waals surface area contributed by atoms with Gasteiger partial charge in [0, 0.05) is 7.05 Å². The number of hydrogen-bond donors (Lipinski definition) is 1. The van der Waals surface area contributed by atoms with E-state index in [9.17, 15) is 0 Å². The first kappa shape index (κ1) is 13.2. The fourth-order valence-corrected chi connectivity index (χ4v) is 2.89. The molecule has 1 heterocycles. The number of nitrogens with two attached hydrogens (primary N) is 1. The third-order valence-electron chi connectivity index (χ3n) is 2.91. The fraction of sp³-hybridized carbons (Fsp3) is 0.385. The van der Waals surface area contributed by atoms with E-state index in [1.807, 2.05) is 7.05 Å². The lowest BCUT2D eigenvalue weighted by Crippen LogP contribution is -2.17. The maximum Gasteiger partial charge on any atom is 0.153 e. The van der Waals surface area contributed by atoms with Gasteiger partial charge in [-0.3, -0.25) is 0 Å². The lowest BCUT2D eigenvalue weighted by atomic mass is 10.0. The Labute approximate surface area is 115 Å². The van der Waals surface area contributed by atoms with Crippen LogP contribution in [0.1, 0.15) is 28.4 Å². The molecule has 0 bridgehead atoms. The Morgan fingerprint density at radius 2 is 1.89 bits per heavy atom.